The lowest BCUT2D eigenvalue weighted by atomic mass is 9.94. The van der Waals surface area contributed by atoms with Gasteiger partial charge in [0.25, 0.3) is 0 Å². The van der Waals surface area contributed by atoms with Gasteiger partial charge < -0.3 is 0 Å². The normalized spacial score (nSPS) is 24.7. The average Bonchev–Trinajstić information content (AvgIpc) is 2.34. The molecule has 2 aliphatic rings. The van der Waals surface area contributed by atoms with Crippen molar-refractivity contribution in [2.45, 2.75) is 25.7 Å². The van der Waals surface area contributed by atoms with Gasteiger partial charge in [0, 0.05) is 0 Å². The Hall–Kier alpha value is 0.140. The fraction of sp³-hybridized carbons (Fsp3) is 0.625. The average molecular weight is 247 g/mol. The van der Waals surface area contributed by atoms with Crippen molar-refractivity contribution in [2.75, 3.05) is 6.54 Å². The molecule has 0 unspecified atom stereocenters. The maximum absolute atomic E-state index is 4.41. The number of aliphatic imine (C=N–C) groups is 1. The van der Waals surface area contributed by atoms with Crippen molar-refractivity contribution in [3.63, 3.8) is 0 Å². The molecule has 0 fully saturated rings. The number of rotatable bonds is 0. The minimum atomic E-state index is 1.01. The van der Waals surface area contributed by atoms with Crippen molar-refractivity contribution >= 4 is 26.3 Å². The SMILES string of the molecule is IC1=NCC2=C1CCCC2. The van der Waals surface area contributed by atoms with Gasteiger partial charge in [0.15, 0.2) is 0 Å². The van der Waals surface area contributed by atoms with Gasteiger partial charge in [0.05, 0.1) is 10.3 Å². The van der Waals surface area contributed by atoms with Gasteiger partial charge in [-0.25, -0.2) is 0 Å². The molecule has 1 heterocycles. The Bertz CT molecular complexity index is 215. The van der Waals surface area contributed by atoms with E-state index < -0.39 is 0 Å². The van der Waals surface area contributed by atoms with Crippen LogP contribution in [0, 0.1) is 0 Å². The highest BCUT2D eigenvalue weighted by molar-refractivity contribution is 14.1. The van der Waals surface area contributed by atoms with Crippen LogP contribution in [0.1, 0.15) is 25.7 Å². The van der Waals surface area contributed by atoms with Crippen molar-refractivity contribution in [1.29, 1.82) is 0 Å². The molecular formula is C8H10IN. The number of nitrogens with zero attached hydrogens (tertiary/aromatic N) is 1. The molecule has 0 bridgehead atoms. The first-order chi connectivity index (χ1) is 4.88. The van der Waals surface area contributed by atoms with Gasteiger partial charge in [-0.3, -0.25) is 4.99 Å². The lowest BCUT2D eigenvalue weighted by Crippen LogP contribution is -1.99. The van der Waals surface area contributed by atoms with Crippen LogP contribution < -0.4 is 0 Å². The minimum absolute atomic E-state index is 1.01. The fourth-order valence-electron chi connectivity index (χ4n) is 1.65. The van der Waals surface area contributed by atoms with E-state index in [0.29, 0.717) is 0 Å². The largest absolute Gasteiger partial charge is 0.274 e. The van der Waals surface area contributed by atoms with E-state index in [9.17, 15) is 0 Å². The van der Waals surface area contributed by atoms with Crippen molar-refractivity contribution in [3.8, 4) is 0 Å². The van der Waals surface area contributed by atoms with Crippen LogP contribution in [0.2, 0.25) is 0 Å². The number of allylic oxidation sites excluding steroid dienone is 1. The Morgan fingerprint density at radius 2 is 2.00 bits per heavy atom. The fourth-order valence-corrected chi connectivity index (χ4v) is 2.47. The molecule has 0 aromatic carbocycles. The zero-order chi connectivity index (χ0) is 6.97. The Labute approximate surface area is 74.7 Å². The molecule has 0 atom stereocenters. The minimum Gasteiger partial charge on any atom is -0.274 e. The summed E-state index contributed by atoms with van der Waals surface area (Å²) in [5.41, 5.74) is 3.20. The van der Waals surface area contributed by atoms with E-state index in [0.717, 1.165) is 6.54 Å². The van der Waals surface area contributed by atoms with E-state index in [1.165, 1.54) is 29.4 Å². The molecule has 0 spiro atoms. The van der Waals surface area contributed by atoms with Gasteiger partial charge in [-0.15, -0.1) is 0 Å². The third-order valence-corrected chi connectivity index (χ3v) is 3.23. The van der Waals surface area contributed by atoms with Crippen LogP contribution in [0.5, 0.6) is 0 Å². The number of hydrogen-bond acceptors (Lipinski definition) is 1. The monoisotopic (exact) mass is 247 g/mol. The molecule has 0 radical (unpaired) electrons. The number of halogens is 1. The summed E-state index contributed by atoms with van der Waals surface area (Å²) in [6.45, 7) is 1.01. The van der Waals surface area contributed by atoms with Crippen LogP contribution >= 0.6 is 22.6 Å². The maximum Gasteiger partial charge on any atom is 0.0989 e. The summed E-state index contributed by atoms with van der Waals surface area (Å²) >= 11 is 2.36. The summed E-state index contributed by atoms with van der Waals surface area (Å²) in [5.74, 6) is 0. The predicted molar refractivity (Wildman–Crippen MR) is 51.8 cm³/mol. The van der Waals surface area contributed by atoms with Crippen molar-refractivity contribution in [1.82, 2.24) is 0 Å². The first kappa shape index (κ1) is 6.83. The Morgan fingerprint density at radius 3 is 2.80 bits per heavy atom. The second kappa shape index (κ2) is 2.64. The molecule has 0 aromatic heterocycles. The third kappa shape index (κ3) is 1.02. The molecule has 2 rings (SSSR count). The highest BCUT2D eigenvalue weighted by Gasteiger charge is 2.19. The zero-order valence-corrected chi connectivity index (χ0v) is 8.02. The van der Waals surface area contributed by atoms with Crippen molar-refractivity contribution in [3.05, 3.63) is 11.1 Å². The third-order valence-electron chi connectivity index (χ3n) is 2.24. The van der Waals surface area contributed by atoms with Gasteiger partial charge in [0.2, 0.25) is 0 Å². The Morgan fingerprint density at radius 1 is 1.20 bits per heavy atom. The van der Waals surface area contributed by atoms with Crippen LogP contribution in [-0.2, 0) is 0 Å². The molecule has 0 saturated heterocycles. The molecule has 1 aliphatic heterocycles. The quantitative estimate of drug-likeness (QED) is 0.583. The highest BCUT2D eigenvalue weighted by Crippen LogP contribution is 2.31. The molecule has 1 aliphatic carbocycles. The van der Waals surface area contributed by atoms with Crippen molar-refractivity contribution in [2.24, 2.45) is 4.99 Å². The molecule has 0 saturated carbocycles. The lowest BCUT2D eigenvalue weighted by molar-refractivity contribution is 0.688. The Kier molecular flexibility index (Phi) is 1.80. The summed E-state index contributed by atoms with van der Waals surface area (Å²) in [4.78, 5) is 4.41. The van der Waals surface area contributed by atoms with Crippen LogP contribution in [0.4, 0.5) is 0 Å². The van der Waals surface area contributed by atoms with E-state index in [1.54, 1.807) is 11.1 Å². The van der Waals surface area contributed by atoms with E-state index in [2.05, 4.69) is 27.6 Å². The number of hydrogen-bond donors (Lipinski definition) is 0. The maximum atomic E-state index is 4.41. The van der Waals surface area contributed by atoms with Gasteiger partial charge >= 0.3 is 0 Å². The predicted octanol–water partition coefficient (Wildman–Crippen LogP) is 2.70. The van der Waals surface area contributed by atoms with Gasteiger partial charge in [-0.1, -0.05) is 0 Å². The standard InChI is InChI=1S/C8H10IN/c9-8-7-4-2-1-3-6(7)5-10-8/h1-5H2. The molecule has 10 heavy (non-hydrogen) atoms. The molecule has 0 amide bonds. The van der Waals surface area contributed by atoms with E-state index in [4.69, 9.17) is 0 Å². The van der Waals surface area contributed by atoms with Crippen LogP contribution in [0.25, 0.3) is 0 Å². The van der Waals surface area contributed by atoms with Crippen LogP contribution in [0.3, 0.4) is 0 Å². The van der Waals surface area contributed by atoms with Crippen molar-refractivity contribution < 1.29 is 0 Å². The molecular weight excluding hydrogens is 237 g/mol. The van der Waals surface area contributed by atoms with Gasteiger partial charge in [-0.2, -0.15) is 0 Å². The molecule has 2 heteroatoms. The van der Waals surface area contributed by atoms with Gasteiger partial charge in [-0.05, 0) is 59.4 Å². The Balaban J connectivity index is 2.28. The summed E-state index contributed by atoms with van der Waals surface area (Å²) in [6.07, 6.45) is 5.36. The first-order valence-electron chi connectivity index (χ1n) is 3.79. The van der Waals surface area contributed by atoms with E-state index in [-0.39, 0.29) is 0 Å². The highest BCUT2D eigenvalue weighted by atomic mass is 127. The second-order valence-electron chi connectivity index (χ2n) is 2.90. The summed E-state index contributed by atoms with van der Waals surface area (Å²) in [6, 6.07) is 0. The molecule has 1 nitrogen and oxygen atoms in total. The summed E-state index contributed by atoms with van der Waals surface area (Å²) < 4.78 is 1.28. The topological polar surface area (TPSA) is 12.4 Å². The van der Waals surface area contributed by atoms with E-state index in [1.807, 2.05) is 0 Å². The molecule has 54 valence electrons. The lowest BCUT2D eigenvalue weighted by Gasteiger charge is -2.12. The van der Waals surface area contributed by atoms with E-state index >= 15 is 0 Å². The first-order valence-corrected chi connectivity index (χ1v) is 4.87. The molecule has 0 N–H and O–H groups in total. The zero-order valence-electron chi connectivity index (χ0n) is 5.86. The summed E-state index contributed by atoms with van der Waals surface area (Å²) in [5, 5.41) is 0. The van der Waals surface area contributed by atoms with Gasteiger partial charge in [0.1, 0.15) is 0 Å². The van der Waals surface area contributed by atoms with Crippen LogP contribution in [-0.4, -0.2) is 10.3 Å². The molecule has 0 aromatic rings. The van der Waals surface area contributed by atoms with Crippen LogP contribution in [0.15, 0.2) is 16.1 Å². The summed E-state index contributed by atoms with van der Waals surface area (Å²) in [7, 11) is 0. The second-order valence-corrected chi connectivity index (χ2v) is 3.92. The smallest absolute Gasteiger partial charge is 0.0989 e.